The number of nitrogens with zero attached hydrogens (tertiary/aromatic N) is 1. The summed E-state index contributed by atoms with van der Waals surface area (Å²) in [7, 11) is -1.03. The Morgan fingerprint density at radius 3 is 2.07 bits per heavy atom. The van der Waals surface area contributed by atoms with Crippen LogP contribution < -0.4 is 0 Å². The summed E-state index contributed by atoms with van der Waals surface area (Å²) in [5.74, 6) is -1.68. The van der Waals surface area contributed by atoms with Crippen molar-refractivity contribution in [3.8, 4) is 0 Å². The minimum atomic E-state index is -4.11. The molecule has 0 aliphatic carbocycles. The maximum Gasteiger partial charge on any atom is 0.323 e. The van der Waals surface area contributed by atoms with E-state index in [2.05, 4.69) is 0 Å². The standard InChI is InChI=1S/C7H15NO5S/c1-7(6(9)10,8(2)3)4-5-14(11,12)13/h4-5H2,1-3H3,(H,9,10)(H,11,12,13). The average molecular weight is 225 g/mol. The fraction of sp³-hybridized carbons (Fsp3) is 0.857. The number of carboxylic acid groups (broad SMARTS) is 1. The average Bonchev–Trinajstić information content (AvgIpc) is 1.97. The van der Waals surface area contributed by atoms with E-state index < -0.39 is 27.4 Å². The predicted octanol–water partition coefficient (Wildman–Crippen LogP) is -0.331. The van der Waals surface area contributed by atoms with Gasteiger partial charge in [-0.25, -0.2) is 0 Å². The first-order valence-electron chi connectivity index (χ1n) is 3.95. The van der Waals surface area contributed by atoms with E-state index in [-0.39, 0.29) is 6.42 Å². The van der Waals surface area contributed by atoms with Crippen molar-refractivity contribution in [1.82, 2.24) is 4.90 Å². The van der Waals surface area contributed by atoms with Gasteiger partial charge in [-0.1, -0.05) is 0 Å². The quantitative estimate of drug-likeness (QED) is 0.622. The zero-order valence-electron chi connectivity index (χ0n) is 8.39. The molecule has 6 nitrogen and oxygen atoms in total. The molecule has 0 aromatic carbocycles. The van der Waals surface area contributed by atoms with Gasteiger partial charge in [0.2, 0.25) is 0 Å². The van der Waals surface area contributed by atoms with Crippen LogP contribution in [0.5, 0.6) is 0 Å². The molecule has 0 aromatic heterocycles. The Bertz CT molecular complexity index is 310. The SMILES string of the molecule is CN(C)C(C)(CCS(=O)(=O)O)C(=O)O. The fourth-order valence-electron chi connectivity index (χ4n) is 0.850. The van der Waals surface area contributed by atoms with Gasteiger partial charge in [-0.15, -0.1) is 0 Å². The minimum absolute atomic E-state index is 0.159. The Morgan fingerprint density at radius 2 is 1.86 bits per heavy atom. The van der Waals surface area contributed by atoms with Crippen molar-refractivity contribution in [2.75, 3.05) is 19.8 Å². The zero-order valence-corrected chi connectivity index (χ0v) is 9.21. The van der Waals surface area contributed by atoms with E-state index in [4.69, 9.17) is 9.66 Å². The smallest absolute Gasteiger partial charge is 0.323 e. The van der Waals surface area contributed by atoms with E-state index in [0.29, 0.717) is 0 Å². The molecule has 1 atom stereocenters. The van der Waals surface area contributed by atoms with E-state index in [9.17, 15) is 13.2 Å². The Labute approximate surface area is 83.3 Å². The van der Waals surface area contributed by atoms with Crippen molar-refractivity contribution in [3.63, 3.8) is 0 Å². The molecule has 0 aromatic rings. The third-order valence-electron chi connectivity index (χ3n) is 2.29. The summed E-state index contributed by atoms with van der Waals surface area (Å²) >= 11 is 0. The van der Waals surface area contributed by atoms with Gasteiger partial charge in [-0.3, -0.25) is 14.2 Å². The maximum atomic E-state index is 10.9. The topological polar surface area (TPSA) is 94.9 Å². The lowest BCUT2D eigenvalue weighted by atomic mass is 9.98. The maximum absolute atomic E-state index is 10.9. The van der Waals surface area contributed by atoms with Gasteiger partial charge in [0, 0.05) is 0 Å². The van der Waals surface area contributed by atoms with Crippen LogP contribution in [0.3, 0.4) is 0 Å². The van der Waals surface area contributed by atoms with Crippen LogP contribution >= 0.6 is 0 Å². The lowest BCUT2D eigenvalue weighted by molar-refractivity contribution is -0.148. The molecule has 1 unspecified atom stereocenters. The molecule has 0 fully saturated rings. The number of likely N-dealkylation sites (N-methyl/N-ethyl adjacent to an activating group) is 1. The van der Waals surface area contributed by atoms with E-state index >= 15 is 0 Å². The fourth-order valence-corrected chi connectivity index (χ4v) is 1.50. The highest BCUT2D eigenvalue weighted by Gasteiger charge is 2.36. The molecule has 0 amide bonds. The van der Waals surface area contributed by atoms with Crippen LogP contribution in [0.2, 0.25) is 0 Å². The summed E-state index contributed by atoms with van der Waals surface area (Å²) in [6.07, 6.45) is -0.159. The van der Waals surface area contributed by atoms with Gasteiger partial charge in [-0.2, -0.15) is 8.42 Å². The lowest BCUT2D eigenvalue weighted by Gasteiger charge is -2.31. The minimum Gasteiger partial charge on any atom is -0.480 e. The number of aliphatic carboxylic acids is 1. The highest BCUT2D eigenvalue weighted by atomic mass is 32.2. The molecule has 0 rings (SSSR count). The molecule has 0 radical (unpaired) electrons. The molecule has 0 aliphatic heterocycles. The first-order chi connectivity index (χ1) is 6.09. The monoisotopic (exact) mass is 225 g/mol. The molecule has 0 bridgehead atoms. The van der Waals surface area contributed by atoms with Crippen molar-refractivity contribution < 1.29 is 22.9 Å². The third-order valence-corrected chi connectivity index (χ3v) is 3.01. The summed E-state index contributed by atoms with van der Waals surface area (Å²) in [5, 5.41) is 8.88. The van der Waals surface area contributed by atoms with Crippen LogP contribution in [0.15, 0.2) is 0 Å². The van der Waals surface area contributed by atoms with Gasteiger partial charge >= 0.3 is 5.97 Å². The first-order valence-corrected chi connectivity index (χ1v) is 5.56. The highest BCUT2D eigenvalue weighted by Crippen LogP contribution is 2.17. The Morgan fingerprint density at radius 1 is 1.43 bits per heavy atom. The van der Waals surface area contributed by atoms with Gasteiger partial charge in [-0.05, 0) is 27.4 Å². The van der Waals surface area contributed by atoms with E-state index in [1.54, 1.807) is 0 Å². The van der Waals surface area contributed by atoms with Crippen LogP contribution in [0.25, 0.3) is 0 Å². The summed E-state index contributed by atoms with van der Waals surface area (Å²) in [5.41, 5.74) is -1.28. The van der Waals surface area contributed by atoms with Crippen molar-refractivity contribution in [1.29, 1.82) is 0 Å². The molecular weight excluding hydrogens is 210 g/mol. The van der Waals surface area contributed by atoms with Crippen LogP contribution in [0.1, 0.15) is 13.3 Å². The van der Waals surface area contributed by atoms with Crippen molar-refractivity contribution in [3.05, 3.63) is 0 Å². The summed E-state index contributed by atoms with van der Waals surface area (Å²) in [6, 6.07) is 0. The zero-order chi connectivity index (χ0) is 11.6. The molecule has 0 saturated heterocycles. The molecule has 0 spiro atoms. The molecule has 84 valence electrons. The van der Waals surface area contributed by atoms with Crippen molar-refractivity contribution in [2.24, 2.45) is 0 Å². The van der Waals surface area contributed by atoms with Crippen molar-refractivity contribution in [2.45, 2.75) is 18.9 Å². The second-order valence-corrected chi connectivity index (χ2v) is 5.08. The van der Waals surface area contributed by atoms with Crippen LogP contribution in [0, 0.1) is 0 Å². The van der Waals surface area contributed by atoms with Gasteiger partial charge in [0.15, 0.2) is 0 Å². The van der Waals surface area contributed by atoms with Gasteiger partial charge in [0.1, 0.15) is 5.54 Å². The van der Waals surface area contributed by atoms with E-state index in [0.717, 1.165) is 0 Å². The van der Waals surface area contributed by atoms with Crippen LogP contribution in [-0.2, 0) is 14.9 Å². The Kier molecular flexibility index (Phi) is 4.04. The normalized spacial score (nSPS) is 16.6. The Hall–Kier alpha value is -0.660. The van der Waals surface area contributed by atoms with Crippen molar-refractivity contribution >= 4 is 16.1 Å². The summed E-state index contributed by atoms with van der Waals surface area (Å²) in [4.78, 5) is 12.3. The molecule has 7 heteroatoms. The third kappa shape index (κ3) is 3.60. The molecule has 0 heterocycles. The largest absolute Gasteiger partial charge is 0.480 e. The molecule has 14 heavy (non-hydrogen) atoms. The van der Waals surface area contributed by atoms with E-state index in [1.807, 2.05) is 0 Å². The van der Waals surface area contributed by atoms with Gasteiger partial charge < -0.3 is 5.11 Å². The van der Waals surface area contributed by atoms with Crippen LogP contribution in [0.4, 0.5) is 0 Å². The van der Waals surface area contributed by atoms with Crippen LogP contribution in [-0.4, -0.2) is 54.3 Å². The molecule has 0 saturated carbocycles. The van der Waals surface area contributed by atoms with E-state index in [1.165, 1.54) is 25.9 Å². The lowest BCUT2D eigenvalue weighted by Crippen LogP contribution is -2.49. The number of carboxylic acids is 1. The highest BCUT2D eigenvalue weighted by molar-refractivity contribution is 7.85. The van der Waals surface area contributed by atoms with Gasteiger partial charge in [0.05, 0.1) is 5.75 Å². The second kappa shape index (κ2) is 4.24. The molecule has 0 aliphatic rings. The molecule has 2 N–H and O–H groups in total. The number of carbonyl (C=O) groups is 1. The molecular formula is C7H15NO5S. The first kappa shape index (κ1) is 13.3. The number of hydrogen-bond donors (Lipinski definition) is 2. The van der Waals surface area contributed by atoms with Gasteiger partial charge in [0.25, 0.3) is 10.1 Å². The summed E-state index contributed by atoms with van der Waals surface area (Å²) in [6.45, 7) is 1.40. The summed E-state index contributed by atoms with van der Waals surface area (Å²) < 4.78 is 29.4. The second-order valence-electron chi connectivity index (χ2n) is 3.51. The predicted molar refractivity (Wildman–Crippen MR) is 50.8 cm³/mol. The Balaban J connectivity index is 4.64. The number of hydrogen-bond acceptors (Lipinski definition) is 4. The number of rotatable bonds is 5.